The minimum absolute atomic E-state index is 1.41. The molecule has 66 valence electrons. The van der Waals surface area contributed by atoms with E-state index in [1.165, 1.54) is 10.4 Å². The summed E-state index contributed by atoms with van der Waals surface area (Å²) in [6.07, 6.45) is 0. The molecule has 0 N–H and O–H groups in total. The number of hydrogen-bond donors (Lipinski definition) is 0. The van der Waals surface area contributed by atoms with Gasteiger partial charge in [-0.1, -0.05) is 27.7 Å². The molecule has 0 aliphatic heterocycles. The first-order chi connectivity index (χ1) is 5.30. The largest absolute Gasteiger partial charge is 0.149 e. The van der Waals surface area contributed by atoms with E-state index in [1.54, 1.807) is 11.3 Å². The summed E-state index contributed by atoms with van der Waals surface area (Å²) in [4.78, 5) is 1.43. The van der Waals surface area contributed by atoms with Crippen molar-refractivity contribution in [1.29, 1.82) is 0 Å². The topological polar surface area (TPSA) is 0 Å². The van der Waals surface area contributed by atoms with Gasteiger partial charge in [0.1, 0.15) is 0 Å². The van der Waals surface area contributed by atoms with Gasteiger partial charge in [-0.3, -0.25) is 0 Å². The van der Waals surface area contributed by atoms with E-state index in [0.29, 0.717) is 0 Å². The SMILES string of the molecule is CC.CC.Cc1ccsc1C. The van der Waals surface area contributed by atoms with Gasteiger partial charge in [0.2, 0.25) is 0 Å². The van der Waals surface area contributed by atoms with Crippen LogP contribution in [0.25, 0.3) is 0 Å². The molecular formula is C10H20S. The molecule has 0 fully saturated rings. The van der Waals surface area contributed by atoms with Crippen LogP contribution in [0, 0.1) is 13.8 Å². The van der Waals surface area contributed by atoms with Crippen molar-refractivity contribution in [2.45, 2.75) is 41.5 Å². The number of rotatable bonds is 0. The van der Waals surface area contributed by atoms with Crippen LogP contribution >= 0.6 is 11.3 Å². The van der Waals surface area contributed by atoms with E-state index in [-0.39, 0.29) is 0 Å². The van der Waals surface area contributed by atoms with E-state index in [4.69, 9.17) is 0 Å². The zero-order chi connectivity index (χ0) is 9.28. The molecule has 11 heavy (non-hydrogen) atoms. The lowest BCUT2D eigenvalue weighted by atomic mass is 10.3. The molecule has 0 aliphatic carbocycles. The van der Waals surface area contributed by atoms with E-state index in [0.717, 1.165) is 0 Å². The Kier molecular flexibility index (Phi) is 11.7. The van der Waals surface area contributed by atoms with Crippen LogP contribution in [0.5, 0.6) is 0 Å². The van der Waals surface area contributed by atoms with Crippen LogP contribution in [-0.4, -0.2) is 0 Å². The van der Waals surface area contributed by atoms with Gasteiger partial charge in [-0.15, -0.1) is 11.3 Å². The first-order valence-electron chi connectivity index (χ1n) is 4.31. The van der Waals surface area contributed by atoms with Crippen molar-refractivity contribution in [2.75, 3.05) is 0 Å². The Morgan fingerprint density at radius 1 is 1.00 bits per heavy atom. The molecule has 0 saturated carbocycles. The average Bonchev–Trinajstić information content (AvgIpc) is 2.44. The first kappa shape index (κ1) is 13.3. The Morgan fingerprint density at radius 3 is 1.55 bits per heavy atom. The Hall–Kier alpha value is -0.300. The van der Waals surface area contributed by atoms with E-state index in [1.807, 2.05) is 27.7 Å². The smallest absolute Gasteiger partial charge is 0.00433 e. The van der Waals surface area contributed by atoms with Crippen LogP contribution in [0.4, 0.5) is 0 Å². The van der Waals surface area contributed by atoms with Crippen LogP contribution < -0.4 is 0 Å². The van der Waals surface area contributed by atoms with Crippen molar-refractivity contribution in [1.82, 2.24) is 0 Å². The molecule has 0 aromatic carbocycles. The molecule has 1 aromatic heterocycles. The number of thiophene rings is 1. The fourth-order valence-electron chi connectivity index (χ4n) is 0.448. The van der Waals surface area contributed by atoms with E-state index in [9.17, 15) is 0 Å². The third kappa shape index (κ3) is 6.11. The monoisotopic (exact) mass is 172 g/mol. The van der Waals surface area contributed by atoms with Crippen LogP contribution in [0.3, 0.4) is 0 Å². The molecule has 0 unspecified atom stereocenters. The fraction of sp³-hybridized carbons (Fsp3) is 0.600. The van der Waals surface area contributed by atoms with Gasteiger partial charge in [-0.25, -0.2) is 0 Å². The van der Waals surface area contributed by atoms with Crippen LogP contribution in [0.1, 0.15) is 38.1 Å². The third-order valence-electron chi connectivity index (χ3n) is 1.12. The summed E-state index contributed by atoms with van der Waals surface area (Å²) in [5.74, 6) is 0. The highest BCUT2D eigenvalue weighted by molar-refractivity contribution is 7.10. The molecule has 0 aliphatic rings. The van der Waals surface area contributed by atoms with Gasteiger partial charge in [-0.05, 0) is 30.9 Å². The molecule has 0 amide bonds. The van der Waals surface area contributed by atoms with Crippen molar-refractivity contribution in [3.05, 3.63) is 21.9 Å². The summed E-state index contributed by atoms with van der Waals surface area (Å²) in [7, 11) is 0. The Labute approximate surface area is 75.3 Å². The van der Waals surface area contributed by atoms with Crippen LogP contribution in [0.15, 0.2) is 11.4 Å². The lowest BCUT2D eigenvalue weighted by Gasteiger charge is -1.79. The molecule has 0 atom stereocenters. The summed E-state index contributed by atoms with van der Waals surface area (Å²) in [5.41, 5.74) is 1.41. The zero-order valence-electron chi connectivity index (χ0n) is 8.56. The van der Waals surface area contributed by atoms with Gasteiger partial charge in [0.25, 0.3) is 0 Å². The summed E-state index contributed by atoms with van der Waals surface area (Å²) < 4.78 is 0. The average molecular weight is 172 g/mol. The highest BCUT2D eigenvalue weighted by Crippen LogP contribution is 2.12. The second-order valence-electron chi connectivity index (χ2n) is 1.66. The molecule has 0 spiro atoms. The third-order valence-corrected chi connectivity index (χ3v) is 2.07. The Bertz CT molecular complexity index is 137. The highest BCUT2D eigenvalue weighted by atomic mass is 32.1. The van der Waals surface area contributed by atoms with Crippen LogP contribution in [0.2, 0.25) is 0 Å². The maximum absolute atomic E-state index is 2.14. The normalized spacial score (nSPS) is 7.09. The van der Waals surface area contributed by atoms with Gasteiger partial charge in [0.15, 0.2) is 0 Å². The first-order valence-corrected chi connectivity index (χ1v) is 5.19. The highest BCUT2D eigenvalue weighted by Gasteiger charge is 1.87. The molecule has 1 heterocycles. The predicted molar refractivity (Wildman–Crippen MR) is 56.5 cm³/mol. The van der Waals surface area contributed by atoms with E-state index >= 15 is 0 Å². The van der Waals surface area contributed by atoms with Crippen LogP contribution in [-0.2, 0) is 0 Å². The van der Waals surface area contributed by atoms with Crippen molar-refractivity contribution in [3.8, 4) is 0 Å². The second kappa shape index (κ2) is 9.70. The summed E-state index contributed by atoms with van der Waals surface area (Å²) in [6, 6.07) is 2.14. The quantitative estimate of drug-likeness (QED) is 0.543. The standard InChI is InChI=1S/C6H8S.2C2H6/c1-5-3-4-7-6(5)2;2*1-2/h3-4H,1-2H3;2*1-2H3. The van der Waals surface area contributed by atoms with Gasteiger partial charge in [0.05, 0.1) is 0 Å². The van der Waals surface area contributed by atoms with Crippen molar-refractivity contribution in [2.24, 2.45) is 0 Å². The maximum Gasteiger partial charge on any atom is 0.00433 e. The summed E-state index contributed by atoms with van der Waals surface area (Å²) >= 11 is 1.80. The molecule has 0 saturated heterocycles. The minimum atomic E-state index is 1.41. The second-order valence-corrected chi connectivity index (χ2v) is 2.78. The maximum atomic E-state index is 2.14. The Morgan fingerprint density at radius 2 is 1.45 bits per heavy atom. The van der Waals surface area contributed by atoms with E-state index in [2.05, 4.69) is 25.3 Å². The minimum Gasteiger partial charge on any atom is -0.149 e. The van der Waals surface area contributed by atoms with Crippen molar-refractivity contribution < 1.29 is 0 Å². The molecule has 1 heteroatoms. The van der Waals surface area contributed by atoms with Gasteiger partial charge >= 0.3 is 0 Å². The van der Waals surface area contributed by atoms with Crippen molar-refractivity contribution in [3.63, 3.8) is 0 Å². The molecular weight excluding hydrogens is 152 g/mol. The lowest BCUT2D eigenvalue weighted by Crippen LogP contribution is -1.61. The number of hydrogen-bond acceptors (Lipinski definition) is 1. The lowest BCUT2D eigenvalue weighted by molar-refractivity contribution is 1.44. The fourth-order valence-corrected chi connectivity index (χ4v) is 1.18. The van der Waals surface area contributed by atoms with Gasteiger partial charge in [-0.2, -0.15) is 0 Å². The molecule has 0 radical (unpaired) electrons. The predicted octanol–water partition coefficient (Wildman–Crippen LogP) is 4.42. The molecule has 1 aromatic rings. The summed E-state index contributed by atoms with van der Waals surface area (Å²) in [6.45, 7) is 12.3. The zero-order valence-corrected chi connectivity index (χ0v) is 9.38. The number of aryl methyl sites for hydroxylation is 2. The molecule has 0 bridgehead atoms. The van der Waals surface area contributed by atoms with Crippen molar-refractivity contribution >= 4 is 11.3 Å². The van der Waals surface area contributed by atoms with Gasteiger partial charge < -0.3 is 0 Å². The molecule has 0 nitrogen and oxygen atoms in total. The van der Waals surface area contributed by atoms with E-state index < -0.39 is 0 Å². The summed E-state index contributed by atoms with van der Waals surface area (Å²) in [5, 5.41) is 2.12. The van der Waals surface area contributed by atoms with Gasteiger partial charge in [0, 0.05) is 4.88 Å². The molecule has 1 rings (SSSR count). The Balaban J connectivity index is 0.